The molecule has 3 nitrogen and oxygen atoms in total. The maximum atomic E-state index is 12.7. The SMILES string of the molecule is Cn1nc(C(F)(F)F)cc1-c1ccc(C#N)c(SCC(F)(F)F)c1. The molecule has 0 atom stereocenters. The second kappa shape index (κ2) is 6.39. The van der Waals surface area contributed by atoms with Gasteiger partial charge in [-0.25, -0.2) is 0 Å². The summed E-state index contributed by atoms with van der Waals surface area (Å²) in [6, 6.07) is 6.47. The highest BCUT2D eigenvalue weighted by Gasteiger charge is 2.34. The molecular formula is C14H9F6N3S. The monoisotopic (exact) mass is 365 g/mol. The van der Waals surface area contributed by atoms with E-state index in [4.69, 9.17) is 5.26 Å². The van der Waals surface area contributed by atoms with Crippen molar-refractivity contribution in [2.24, 2.45) is 7.05 Å². The number of nitriles is 1. The maximum Gasteiger partial charge on any atom is 0.435 e. The molecule has 0 fully saturated rings. The Hall–Kier alpha value is -2.15. The van der Waals surface area contributed by atoms with Crippen LogP contribution in [-0.4, -0.2) is 21.7 Å². The van der Waals surface area contributed by atoms with Crippen LogP contribution in [0.15, 0.2) is 29.2 Å². The van der Waals surface area contributed by atoms with Gasteiger partial charge < -0.3 is 0 Å². The van der Waals surface area contributed by atoms with Crippen molar-refractivity contribution in [3.63, 3.8) is 0 Å². The first kappa shape index (κ1) is 18.2. The fourth-order valence-electron chi connectivity index (χ4n) is 1.93. The lowest BCUT2D eigenvalue weighted by molar-refractivity contribution is -0.141. The lowest BCUT2D eigenvalue weighted by atomic mass is 10.1. The van der Waals surface area contributed by atoms with E-state index in [1.807, 2.05) is 0 Å². The predicted molar refractivity (Wildman–Crippen MR) is 75.1 cm³/mol. The van der Waals surface area contributed by atoms with Gasteiger partial charge in [-0.1, -0.05) is 6.07 Å². The molecule has 0 unspecified atom stereocenters. The van der Waals surface area contributed by atoms with Crippen LogP contribution in [0.25, 0.3) is 11.3 Å². The Morgan fingerprint density at radius 3 is 2.33 bits per heavy atom. The zero-order valence-electron chi connectivity index (χ0n) is 12.0. The number of halogens is 6. The number of aryl methyl sites for hydroxylation is 1. The molecule has 1 heterocycles. The fourth-order valence-corrected chi connectivity index (χ4v) is 2.73. The van der Waals surface area contributed by atoms with Crippen molar-refractivity contribution in [2.45, 2.75) is 17.2 Å². The average molecular weight is 365 g/mol. The van der Waals surface area contributed by atoms with E-state index in [1.165, 1.54) is 25.2 Å². The minimum atomic E-state index is -4.63. The van der Waals surface area contributed by atoms with Crippen molar-refractivity contribution in [3.05, 3.63) is 35.5 Å². The van der Waals surface area contributed by atoms with E-state index >= 15 is 0 Å². The van der Waals surface area contributed by atoms with Crippen molar-refractivity contribution in [2.75, 3.05) is 5.75 Å². The zero-order chi connectivity index (χ0) is 18.1. The number of aromatic nitrogens is 2. The molecule has 0 aliphatic carbocycles. The minimum Gasteiger partial charge on any atom is -0.267 e. The molecule has 0 radical (unpaired) electrons. The molecule has 0 spiro atoms. The van der Waals surface area contributed by atoms with Crippen molar-refractivity contribution in [1.82, 2.24) is 9.78 Å². The summed E-state index contributed by atoms with van der Waals surface area (Å²) in [5.41, 5.74) is -0.759. The van der Waals surface area contributed by atoms with E-state index < -0.39 is 23.8 Å². The maximum absolute atomic E-state index is 12.7. The van der Waals surface area contributed by atoms with Gasteiger partial charge in [0.25, 0.3) is 0 Å². The van der Waals surface area contributed by atoms with E-state index in [0.29, 0.717) is 11.8 Å². The van der Waals surface area contributed by atoms with E-state index in [-0.39, 0.29) is 21.7 Å². The van der Waals surface area contributed by atoms with Gasteiger partial charge in [0.15, 0.2) is 5.69 Å². The Morgan fingerprint density at radius 1 is 1.17 bits per heavy atom. The normalized spacial score (nSPS) is 12.2. The molecule has 24 heavy (non-hydrogen) atoms. The Kier molecular flexibility index (Phi) is 4.85. The van der Waals surface area contributed by atoms with Gasteiger partial charge in [-0.2, -0.15) is 36.7 Å². The number of alkyl halides is 6. The summed E-state index contributed by atoms with van der Waals surface area (Å²) in [6.07, 6.45) is -9.06. The van der Waals surface area contributed by atoms with Crippen molar-refractivity contribution >= 4 is 11.8 Å². The molecule has 0 N–H and O–H groups in total. The quantitative estimate of drug-likeness (QED) is 0.588. The summed E-state index contributed by atoms with van der Waals surface area (Å²) in [4.78, 5) is 0.0436. The highest BCUT2D eigenvalue weighted by Crippen LogP contribution is 2.35. The molecule has 1 aromatic carbocycles. The summed E-state index contributed by atoms with van der Waals surface area (Å²) < 4.78 is 76.2. The molecule has 0 saturated carbocycles. The molecule has 0 amide bonds. The second-order valence-corrected chi connectivity index (χ2v) is 5.78. The van der Waals surface area contributed by atoms with Crippen molar-refractivity contribution < 1.29 is 26.3 Å². The number of hydrogen-bond acceptors (Lipinski definition) is 3. The summed E-state index contributed by atoms with van der Waals surface area (Å²) in [7, 11) is 1.30. The molecule has 10 heteroatoms. The van der Waals surface area contributed by atoms with Gasteiger partial charge in [0, 0.05) is 17.5 Å². The first-order valence-electron chi connectivity index (χ1n) is 6.36. The molecule has 2 aromatic rings. The van der Waals surface area contributed by atoms with Crippen molar-refractivity contribution in [3.8, 4) is 17.3 Å². The average Bonchev–Trinajstić information content (AvgIpc) is 2.86. The van der Waals surface area contributed by atoms with Gasteiger partial charge in [-0.15, -0.1) is 11.8 Å². The second-order valence-electron chi connectivity index (χ2n) is 4.76. The molecule has 0 bridgehead atoms. The Labute approximate surface area is 136 Å². The minimum absolute atomic E-state index is 0.0196. The Balaban J connectivity index is 2.42. The smallest absolute Gasteiger partial charge is 0.267 e. The number of benzene rings is 1. The lowest BCUT2D eigenvalue weighted by Crippen LogP contribution is -2.10. The van der Waals surface area contributed by atoms with Crippen LogP contribution >= 0.6 is 11.8 Å². The first-order valence-corrected chi connectivity index (χ1v) is 7.35. The standard InChI is InChI=1S/C14H9F6N3S/c1-23-10(5-12(22-23)14(18,19)20)8-2-3-9(6-21)11(4-8)24-7-13(15,16)17/h2-5H,7H2,1H3. The molecule has 2 rings (SSSR count). The number of hydrogen-bond donors (Lipinski definition) is 0. The van der Waals surface area contributed by atoms with Crippen LogP contribution in [0.5, 0.6) is 0 Å². The van der Waals surface area contributed by atoms with Crippen LogP contribution in [0.1, 0.15) is 11.3 Å². The third-order valence-corrected chi connectivity index (χ3v) is 4.08. The van der Waals surface area contributed by atoms with Gasteiger partial charge in [-0.3, -0.25) is 4.68 Å². The molecule has 0 saturated heterocycles. The van der Waals surface area contributed by atoms with Gasteiger partial charge >= 0.3 is 12.4 Å². The van der Waals surface area contributed by atoms with Gasteiger partial charge in [-0.05, 0) is 18.2 Å². The summed E-state index contributed by atoms with van der Waals surface area (Å²) >= 11 is 0.406. The van der Waals surface area contributed by atoms with Crippen LogP contribution in [-0.2, 0) is 13.2 Å². The highest BCUT2D eigenvalue weighted by atomic mass is 32.2. The highest BCUT2D eigenvalue weighted by molar-refractivity contribution is 7.99. The largest absolute Gasteiger partial charge is 0.435 e. The summed E-state index contributed by atoms with van der Waals surface area (Å²) in [5, 5.41) is 12.3. The zero-order valence-corrected chi connectivity index (χ0v) is 12.9. The topological polar surface area (TPSA) is 41.6 Å². The first-order chi connectivity index (χ1) is 11.0. The third kappa shape index (κ3) is 4.23. The van der Waals surface area contributed by atoms with Crippen LogP contribution in [0.2, 0.25) is 0 Å². The molecular weight excluding hydrogens is 356 g/mol. The van der Waals surface area contributed by atoms with E-state index in [9.17, 15) is 26.3 Å². The van der Waals surface area contributed by atoms with Crippen LogP contribution in [0, 0.1) is 11.3 Å². The van der Waals surface area contributed by atoms with Gasteiger partial charge in [0.05, 0.1) is 17.0 Å². The summed E-state index contributed by atoms with van der Waals surface area (Å²) in [6.45, 7) is 0. The van der Waals surface area contributed by atoms with Crippen LogP contribution < -0.4 is 0 Å². The molecule has 1 aromatic heterocycles. The Morgan fingerprint density at radius 2 is 1.83 bits per heavy atom. The summed E-state index contributed by atoms with van der Waals surface area (Å²) in [5.74, 6) is -1.20. The fraction of sp³-hybridized carbons (Fsp3) is 0.286. The number of thioether (sulfide) groups is 1. The number of nitrogens with zero attached hydrogens (tertiary/aromatic N) is 3. The molecule has 128 valence electrons. The van der Waals surface area contributed by atoms with Crippen LogP contribution in [0.3, 0.4) is 0 Å². The van der Waals surface area contributed by atoms with Crippen molar-refractivity contribution in [1.29, 1.82) is 5.26 Å². The molecule has 0 aliphatic heterocycles. The van der Waals surface area contributed by atoms with E-state index in [2.05, 4.69) is 5.10 Å². The Bertz CT molecular complexity index is 785. The van der Waals surface area contributed by atoms with E-state index in [1.54, 1.807) is 6.07 Å². The number of rotatable bonds is 3. The predicted octanol–water partition coefficient (Wildman–Crippen LogP) is 4.63. The van der Waals surface area contributed by atoms with Crippen LogP contribution in [0.4, 0.5) is 26.3 Å². The van der Waals surface area contributed by atoms with E-state index in [0.717, 1.165) is 10.7 Å². The van der Waals surface area contributed by atoms with Gasteiger partial charge in [0.1, 0.15) is 6.07 Å². The van der Waals surface area contributed by atoms with Gasteiger partial charge in [0.2, 0.25) is 0 Å². The molecule has 0 aliphatic rings. The lowest BCUT2D eigenvalue weighted by Gasteiger charge is -2.09. The third-order valence-electron chi connectivity index (χ3n) is 2.96.